The molecular formula is C13H14Br2N2O4. The number of hydrogen-bond acceptors (Lipinski definition) is 5. The predicted molar refractivity (Wildman–Crippen MR) is 84.2 cm³/mol. The summed E-state index contributed by atoms with van der Waals surface area (Å²) in [6.45, 7) is 2.70. The second-order valence-electron chi connectivity index (χ2n) is 4.63. The molecule has 0 radical (unpaired) electrons. The van der Waals surface area contributed by atoms with Gasteiger partial charge in [0.1, 0.15) is 5.75 Å². The quantitative estimate of drug-likeness (QED) is 0.578. The summed E-state index contributed by atoms with van der Waals surface area (Å²) in [6.07, 6.45) is 1.55. The SMILES string of the molecule is CC1(CC(=O)N/N=C/c2cc(Br)c(O)c(Br)c2)OCCO1. The molecule has 1 amide bonds. The van der Waals surface area contributed by atoms with Crippen molar-refractivity contribution in [3.05, 3.63) is 26.6 Å². The number of benzene rings is 1. The number of amides is 1. The second kappa shape index (κ2) is 6.87. The van der Waals surface area contributed by atoms with Gasteiger partial charge in [-0.1, -0.05) is 0 Å². The smallest absolute Gasteiger partial charge is 0.245 e. The predicted octanol–water partition coefficient (Wildman–Crippen LogP) is 2.52. The van der Waals surface area contributed by atoms with E-state index in [-0.39, 0.29) is 18.1 Å². The van der Waals surface area contributed by atoms with Crippen LogP contribution in [0.15, 0.2) is 26.2 Å². The molecule has 1 aromatic rings. The van der Waals surface area contributed by atoms with Crippen molar-refractivity contribution in [1.82, 2.24) is 5.43 Å². The highest BCUT2D eigenvalue weighted by molar-refractivity contribution is 9.11. The number of phenols is 1. The lowest BCUT2D eigenvalue weighted by Crippen LogP contribution is -2.33. The standard InChI is InChI=1S/C13H14Br2N2O4/c1-13(20-2-3-21-13)6-11(18)17-16-7-8-4-9(14)12(19)10(15)5-8/h4-5,7,19H,2-3,6H2,1H3,(H,17,18)/b16-7+. The van der Waals surface area contributed by atoms with Crippen molar-refractivity contribution in [3.8, 4) is 5.75 Å². The number of carbonyl (C=O) groups excluding carboxylic acids is 1. The molecule has 2 N–H and O–H groups in total. The van der Waals surface area contributed by atoms with E-state index >= 15 is 0 Å². The van der Waals surface area contributed by atoms with Crippen molar-refractivity contribution in [2.24, 2.45) is 5.10 Å². The molecule has 0 spiro atoms. The molecule has 1 saturated heterocycles. The van der Waals surface area contributed by atoms with Crippen LogP contribution in [0.3, 0.4) is 0 Å². The third-order valence-electron chi connectivity index (χ3n) is 2.82. The number of ether oxygens (including phenoxy) is 2. The number of phenolic OH excluding ortho intramolecular Hbond substituents is 1. The average molecular weight is 422 g/mol. The van der Waals surface area contributed by atoms with E-state index in [1.807, 2.05) is 0 Å². The Morgan fingerprint density at radius 1 is 1.43 bits per heavy atom. The van der Waals surface area contributed by atoms with E-state index in [0.29, 0.717) is 27.7 Å². The van der Waals surface area contributed by atoms with Gasteiger partial charge >= 0.3 is 0 Å². The van der Waals surface area contributed by atoms with E-state index in [0.717, 1.165) is 0 Å². The zero-order chi connectivity index (χ0) is 15.5. The molecular weight excluding hydrogens is 408 g/mol. The van der Waals surface area contributed by atoms with Crippen LogP contribution in [0.2, 0.25) is 0 Å². The normalized spacial score (nSPS) is 17.3. The average Bonchev–Trinajstić information content (AvgIpc) is 2.82. The number of carbonyl (C=O) groups is 1. The Balaban J connectivity index is 1.91. The molecule has 0 bridgehead atoms. The molecule has 114 valence electrons. The number of hydrogen-bond donors (Lipinski definition) is 2. The Morgan fingerprint density at radius 2 is 2.00 bits per heavy atom. The zero-order valence-corrected chi connectivity index (χ0v) is 14.4. The summed E-state index contributed by atoms with van der Waals surface area (Å²) in [5.41, 5.74) is 3.13. The molecule has 0 saturated carbocycles. The molecule has 1 aromatic carbocycles. The van der Waals surface area contributed by atoms with Crippen molar-refractivity contribution in [2.75, 3.05) is 13.2 Å². The summed E-state index contributed by atoms with van der Waals surface area (Å²) < 4.78 is 11.8. The number of aromatic hydroxyl groups is 1. The largest absolute Gasteiger partial charge is 0.506 e. The summed E-state index contributed by atoms with van der Waals surface area (Å²) in [5, 5.41) is 13.5. The highest BCUT2D eigenvalue weighted by atomic mass is 79.9. The van der Waals surface area contributed by atoms with Gasteiger partial charge in [-0.15, -0.1) is 0 Å². The van der Waals surface area contributed by atoms with Gasteiger partial charge in [0.05, 0.1) is 34.8 Å². The molecule has 1 aliphatic heterocycles. The molecule has 0 aliphatic carbocycles. The fraction of sp³-hybridized carbons (Fsp3) is 0.385. The Morgan fingerprint density at radius 3 is 2.57 bits per heavy atom. The van der Waals surface area contributed by atoms with Crippen molar-refractivity contribution in [3.63, 3.8) is 0 Å². The highest BCUT2D eigenvalue weighted by Crippen LogP contribution is 2.32. The lowest BCUT2D eigenvalue weighted by Gasteiger charge is -2.20. The molecule has 0 atom stereocenters. The van der Waals surface area contributed by atoms with Crippen molar-refractivity contribution < 1.29 is 19.4 Å². The molecule has 2 rings (SSSR count). The highest BCUT2D eigenvalue weighted by Gasteiger charge is 2.33. The summed E-state index contributed by atoms with van der Waals surface area (Å²) in [6, 6.07) is 3.36. The van der Waals surface area contributed by atoms with Crippen molar-refractivity contribution in [2.45, 2.75) is 19.1 Å². The Kier molecular flexibility index (Phi) is 5.37. The lowest BCUT2D eigenvalue weighted by molar-refractivity contribution is -0.159. The lowest BCUT2D eigenvalue weighted by atomic mass is 10.2. The van der Waals surface area contributed by atoms with Crippen LogP contribution in [0, 0.1) is 0 Å². The van der Waals surface area contributed by atoms with Gasteiger partial charge in [-0.05, 0) is 56.5 Å². The fourth-order valence-electron chi connectivity index (χ4n) is 1.83. The van der Waals surface area contributed by atoms with Crippen LogP contribution < -0.4 is 5.43 Å². The monoisotopic (exact) mass is 420 g/mol. The fourth-order valence-corrected chi connectivity index (χ4v) is 3.05. The van der Waals surface area contributed by atoms with E-state index in [4.69, 9.17) is 9.47 Å². The number of halogens is 2. The summed E-state index contributed by atoms with van der Waals surface area (Å²) in [7, 11) is 0. The molecule has 1 heterocycles. The molecule has 0 unspecified atom stereocenters. The van der Waals surface area contributed by atoms with Crippen molar-refractivity contribution in [1.29, 1.82) is 0 Å². The Hall–Kier alpha value is -0.960. The van der Waals surface area contributed by atoms with E-state index in [2.05, 4.69) is 42.4 Å². The minimum Gasteiger partial charge on any atom is -0.506 e. The van der Waals surface area contributed by atoms with Crippen molar-refractivity contribution >= 4 is 44.0 Å². The first-order valence-corrected chi connectivity index (χ1v) is 7.76. The van der Waals surface area contributed by atoms with Gasteiger partial charge in [-0.3, -0.25) is 4.79 Å². The number of rotatable bonds is 4. The molecule has 8 heteroatoms. The second-order valence-corrected chi connectivity index (χ2v) is 6.34. The number of nitrogens with zero attached hydrogens (tertiary/aromatic N) is 1. The third-order valence-corrected chi connectivity index (χ3v) is 4.03. The summed E-state index contributed by atoms with van der Waals surface area (Å²) >= 11 is 6.44. The molecule has 0 aromatic heterocycles. The van der Waals surface area contributed by atoms with Gasteiger partial charge in [0, 0.05) is 0 Å². The first-order chi connectivity index (χ1) is 9.89. The molecule has 1 fully saturated rings. The summed E-state index contributed by atoms with van der Waals surface area (Å²) in [4.78, 5) is 11.7. The first-order valence-electron chi connectivity index (χ1n) is 6.17. The van der Waals surface area contributed by atoms with Gasteiger partial charge < -0.3 is 14.6 Å². The van der Waals surface area contributed by atoms with E-state index < -0.39 is 5.79 Å². The van der Waals surface area contributed by atoms with E-state index in [1.165, 1.54) is 6.21 Å². The minimum atomic E-state index is -0.871. The maximum absolute atomic E-state index is 11.7. The number of nitrogens with one attached hydrogen (secondary N) is 1. The zero-order valence-electron chi connectivity index (χ0n) is 11.2. The molecule has 1 aliphatic rings. The maximum atomic E-state index is 11.7. The Labute approximate surface area is 138 Å². The van der Waals surface area contributed by atoms with Gasteiger partial charge in [0.25, 0.3) is 0 Å². The van der Waals surface area contributed by atoms with Crippen LogP contribution in [-0.2, 0) is 14.3 Å². The minimum absolute atomic E-state index is 0.0767. The van der Waals surface area contributed by atoms with Gasteiger partial charge in [-0.2, -0.15) is 5.10 Å². The van der Waals surface area contributed by atoms with Crippen LogP contribution in [0.1, 0.15) is 18.9 Å². The first kappa shape index (κ1) is 16.4. The van der Waals surface area contributed by atoms with Crippen LogP contribution in [0.5, 0.6) is 5.75 Å². The molecule has 6 nitrogen and oxygen atoms in total. The molecule has 21 heavy (non-hydrogen) atoms. The van der Waals surface area contributed by atoms with Gasteiger partial charge in [0.15, 0.2) is 5.79 Å². The van der Waals surface area contributed by atoms with E-state index in [1.54, 1.807) is 19.1 Å². The van der Waals surface area contributed by atoms with Crippen LogP contribution in [0.4, 0.5) is 0 Å². The van der Waals surface area contributed by atoms with Crippen LogP contribution >= 0.6 is 31.9 Å². The Bertz CT molecular complexity index is 548. The van der Waals surface area contributed by atoms with Gasteiger partial charge in [0.2, 0.25) is 5.91 Å². The van der Waals surface area contributed by atoms with Crippen LogP contribution in [-0.4, -0.2) is 36.2 Å². The number of hydrazone groups is 1. The summed E-state index contributed by atoms with van der Waals surface area (Å²) in [5.74, 6) is -1.06. The van der Waals surface area contributed by atoms with E-state index in [9.17, 15) is 9.90 Å². The van der Waals surface area contributed by atoms with Crippen LogP contribution in [0.25, 0.3) is 0 Å². The third kappa shape index (κ3) is 4.50. The maximum Gasteiger partial charge on any atom is 0.245 e. The van der Waals surface area contributed by atoms with Gasteiger partial charge in [-0.25, -0.2) is 5.43 Å². The topological polar surface area (TPSA) is 80.2 Å².